The molecule has 0 bridgehead atoms. The molecule has 0 unspecified atom stereocenters. The van der Waals surface area contributed by atoms with Crippen LogP contribution < -0.4 is 5.32 Å². The lowest BCUT2D eigenvalue weighted by atomic mass is 9.95. The van der Waals surface area contributed by atoms with Crippen molar-refractivity contribution in [1.29, 1.82) is 5.26 Å². The Morgan fingerprint density at radius 3 is 2.75 bits per heavy atom. The maximum Gasteiger partial charge on any atom is 0.289 e. The molecule has 0 radical (unpaired) electrons. The smallest absolute Gasteiger partial charge is 0.289 e. The van der Waals surface area contributed by atoms with Gasteiger partial charge >= 0.3 is 0 Å². The van der Waals surface area contributed by atoms with Crippen LogP contribution >= 0.6 is 11.8 Å². The van der Waals surface area contributed by atoms with Gasteiger partial charge < -0.3 is 5.32 Å². The fourth-order valence-electron chi connectivity index (χ4n) is 2.39. The van der Waals surface area contributed by atoms with Crippen LogP contribution in [0.25, 0.3) is 0 Å². The minimum absolute atomic E-state index is 0.154. The van der Waals surface area contributed by atoms with Gasteiger partial charge in [0.15, 0.2) is 0 Å². The first-order valence-corrected chi connectivity index (χ1v) is 7.76. The molecule has 1 aliphatic carbocycles. The molecule has 6 nitrogen and oxygen atoms in total. The van der Waals surface area contributed by atoms with Crippen LogP contribution in [0.2, 0.25) is 0 Å². The highest BCUT2D eigenvalue weighted by molar-refractivity contribution is 7.99. The van der Waals surface area contributed by atoms with Gasteiger partial charge in [-0.05, 0) is 31.9 Å². The molecule has 1 aromatic heterocycles. The minimum atomic E-state index is -0.540. The van der Waals surface area contributed by atoms with Crippen LogP contribution in [0.3, 0.4) is 0 Å². The first kappa shape index (κ1) is 14.6. The maximum atomic E-state index is 10.7. The summed E-state index contributed by atoms with van der Waals surface area (Å²) in [5.41, 5.74) is 0.0735. The Morgan fingerprint density at radius 1 is 1.50 bits per heavy atom. The molecule has 0 aliphatic heterocycles. The number of hydrogen-bond donors (Lipinski definition) is 1. The Balaban J connectivity index is 2.06. The van der Waals surface area contributed by atoms with Crippen molar-refractivity contribution in [2.24, 2.45) is 0 Å². The van der Waals surface area contributed by atoms with Gasteiger partial charge in [-0.2, -0.15) is 17.0 Å². The fraction of sp³-hybridized carbons (Fsp3) is 0.538. The van der Waals surface area contributed by atoms with E-state index in [1.165, 1.54) is 12.3 Å². The third-order valence-corrected chi connectivity index (χ3v) is 4.69. The SMILES string of the molecule is CSC1CCC(Nc2ncc([N+](=O)[O-])cc2C#N)CC1. The fourth-order valence-corrected chi connectivity index (χ4v) is 3.13. The number of aromatic nitrogens is 1. The molecule has 1 N–H and O–H groups in total. The topological polar surface area (TPSA) is 91.8 Å². The Kier molecular flexibility index (Phi) is 4.79. The van der Waals surface area contributed by atoms with E-state index >= 15 is 0 Å². The lowest BCUT2D eigenvalue weighted by Crippen LogP contribution is -2.27. The van der Waals surface area contributed by atoms with E-state index in [-0.39, 0.29) is 11.3 Å². The van der Waals surface area contributed by atoms with Crippen molar-refractivity contribution >= 4 is 23.3 Å². The summed E-state index contributed by atoms with van der Waals surface area (Å²) in [6.45, 7) is 0. The second-order valence-electron chi connectivity index (χ2n) is 4.81. The average Bonchev–Trinajstić information content (AvgIpc) is 2.48. The van der Waals surface area contributed by atoms with Crippen LogP contribution in [0, 0.1) is 21.4 Å². The molecule has 1 heterocycles. The summed E-state index contributed by atoms with van der Waals surface area (Å²) in [7, 11) is 0. The zero-order valence-corrected chi connectivity index (χ0v) is 12.0. The Hall–Kier alpha value is -1.81. The van der Waals surface area contributed by atoms with Crippen molar-refractivity contribution in [3.05, 3.63) is 27.9 Å². The molecular formula is C13H16N4O2S. The van der Waals surface area contributed by atoms with Gasteiger partial charge in [0.1, 0.15) is 23.6 Å². The molecule has 0 spiro atoms. The molecule has 1 saturated carbocycles. The van der Waals surface area contributed by atoms with Crippen molar-refractivity contribution in [1.82, 2.24) is 4.98 Å². The molecule has 1 aliphatic rings. The molecule has 7 heteroatoms. The predicted octanol–water partition coefficient (Wildman–Crippen LogP) is 2.95. The quantitative estimate of drug-likeness (QED) is 0.677. The van der Waals surface area contributed by atoms with E-state index in [0.717, 1.165) is 25.7 Å². The van der Waals surface area contributed by atoms with Crippen LogP contribution in [-0.2, 0) is 0 Å². The van der Waals surface area contributed by atoms with Gasteiger partial charge in [0.2, 0.25) is 0 Å². The van der Waals surface area contributed by atoms with E-state index in [1.807, 2.05) is 17.8 Å². The highest BCUT2D eigenvalue weighted by Crippen LogP contribution is 2.29. The molecule has 0 amide bonds. The number of anilines is 1. The molecule has 20 heavy (non-hydrogen) atoms. The average molecular weight is 292 g/mol. The third-order valence-electron chi connectivity index (χ3n) is 3.55. The molecular weight excluding hydrogens is 276 g/mol. The molecule has 1 aromatic rings. The number of thioether (sulfide) groups is 1. The predicted molar refractivity (Wildman–Crippen MR) is 78.8 cm³/mol. The number of nitriles is 1. The third kappa shape index (κ3) is 3.39. The largest absolute Gasteiger partial charge is 0.366 e. The van der Waals surface area contributed by atoms with Crippen molar-refractivity contribution in [3.63, 3.8) is 0 Å². The van der Waals surface area contributed by atoms with E-state index in [2.05, 4.69) is 16.6 Å². The first-order chi connectivity index (χ1) is 9.63. The van der Waals surface area contributed by atoms with Gasteiger partial charge in [-0.3, -0.25) is 10.1 Å². The summed E-state index contributed by atoms with van der Waals surface area (Å²) in [6.07, 6.45) is 7.69. The lowest BCUT2D eigenvalue weighted by Gasteiger charge is -2.28. The van der Waals surface area contributed by atoms with Gasteiger partial charge in [-0.25, -0.2) is 4.98 Å². The van der Waals surface area contributed by atoms with Crippen LogP contribution in [0.15, 0.2) is 12.3 Å². The van der Waals surface area contributed by atoms with Gasteiger partial charge in [-0.15, -0.1) is 0 Å². The van der Waals surface area contributed by atoms with Gasteiger partial charge in [-0.1, -0.05) is 0 Å². The normalized spacial score (nSPS) is 22.0. The molecule has 1 fully saturated rings. The van der Waals surface area contributed by atoms with Crippen LogP contribution in [-0.4, -0.2) is 27.5 Å². The molecule has 0 atom stereocenters. The molecule has 0 saturated heterocycles. The summed E-state index contributed by atoms with van der Waals surface area (Å²) in [5.74, 6) is 0.450. The zero-order valence-electron chi connectivity index (χ0n) is 11.2. The Morgan fingerprint density at radius 2 is 2.20 bits per heavy atom. The second kappa shape index (κ2) is 6.57. The molecule has 106 valence electrons. The zero-order chi connectivity index (χ0) is 14.5. The van der Waals surface area contributed by atoms with E-state index in [1.54, 1.807) is 0 Å². The Labute approximate surface area is 121 Å². The van der Waals surface area contributed by atoms with Crippen molar-refractivity contribution < 1.29 is 4.92 Å². The van der Waals surface area contributed by atoms with Crippen molar-refractivity contribution in [3.8, 4) is 6.07 Å². The summed E-state index contributed by atoms with van der Waals surface area (Å²) in [4.78, 5) is 14.2. The van der Waals surface area contributed by atoms with E-state index in [4.69, 9.17) is 5.26 Å². The summed E-state index contributed by atoms with van der Waals surface area (Å²) < 4.78 is 0. The highest BCUT2D eigenvalue weighted by Gasteiger charge is 2.22. The van der Waals surface area contributed by atoms with Gasteiger partial charge in [0.25, 0.3) is 5.69 Å². The van der Waals surface area contributed by atoms with Gasteiger partial charge in [0, 0.05) is 17.4 Å². The molecule has 2 rings (SSSR count). The number of nitro groups is 1. The number of pyridine rings is 1. The highest BCUT2D eigenvalue weighted by atomic mass is 32.2. The summed E-state index contributed by atoms with van der Waals surface area (Å²) in [6, 6.07) is 3.52. The Bertz CT molecular complexity index is 536. The lowest BCUT2D eigenvalue weighted by molar-refractivity contribution is -0.385. The van der Waals surface area contributed by atoms with Gasteiger partial charge in [0.05, 0.1) is 4.92 Å². The van der Waals surface area contributed by atoms with Crippen LogP contribution in [0.4, 0.5) is 11.5 Å². The minimum Gasteiger partial charge on any atom is -0.366 e. The van der Waals surface area contributed by atoms with Crippen molar-refractivity contribution in [2.45, 2.75) is 37.0 Å². The van der Waals surface area contributed by atoms with E-state index in [9.17, 15) is 10.1 Å². The number of nitrogens with zero attached hydrogens (tertiary/aromatic N) is 3. The standard InChI is InChI=1S/C13H16N4O2S/c1-20-12-4-2-10(3-5-12)16-13-9(7-14)6-11(8-15-13)17(18)19/h6,8,10,12H,2-5H2,1H3,(H,15,16). The number of hydrogen-bond acceptors (Lipinski definition) is 6. The summed E-state index contributed by atoms with van der Waals surface area (Å²) in [5, 5.41) is 23.7. The monoisotopic (exact) mass is 292 g/mol. The van der Waals surface area contributed by atoms with Crippen LogP contribution in [0.1, 0.15) is 31.2 Å². The first-order valence-electron chi connectivity index (χ1n) is 6.48. The van der Waals surface area contributed by atoms with Crippen LogP contribution in [0.5, 0.6) is 0 Å². The number of rotatable bonds is 4. The maximum absolute atomic E-state index is 10.7. The second-order valence-corrected chi connectivity index (χ2v) is 5.95. The van der Waals surface area contributed by atoms with Crippen molar-refractivity contribution in [2.75, 3.05) is 11.6 Å². The molecule has 0 aromatic carbocycles. The van der Waals surface area contributed by atoms with E-state index in [0.29, 0.717) is 17.1 Å². The van der Waals surface area contributed by atoms with E-state index < -0.39 is 4.92 Å². The number of nitrogens with one attached hydrogen (secondary N) is 1. The summed E-state index contributed by atoms with van der Waals surface area (Å²) >= 11 is 1.90.